The molecule has 1 heterocycles. The van der Waals surface area contributed by atoms with E-state index in [-0.39, 0.29) is 17.0 Å². The normalized spacial score (nSPS) is 11.5. The average molecular weight is 502 g/mol. The van der Waals surface area contributed by atoms with Crippen molar-refractivity contribution in [2.75, 3.05) is 0 Å². The van der Waals surface area contributed by atoms with Crippen LogP contribution in [0.5, 0.6) is 0 Å². The molecule has 0 aliphatic rings. The minimum atomic E-state index is -3.76. The molecule has 21 heavy (non-hydrogen) atoms. The van der Waals surface area contributed by atoms with Gasteiger partial charge in [0.2, 0.25) is 10.0 Å². The molecule has 0 atom stereocenters. The van der Waals surface area contributed by atoms with Gasteiger partial charge < -0.3 is 5.11 Å². The van der Waals surface area contributed by atoms with E-state index in [2.05, 4.69) is 20.7 Å². The Morgan fingerprint density at radius 2 is 2.10 bits per heavy atom. The van der Waals surface area contributed by atoms with Crippen LogP contribution in [0.2, 0.25) is 0 Å². The Bertz CT molecular complexity index is 788. The van der Waals surface area contributed by atoms with Gasteiger partial charge in [0.05, 0.1) is 10.5 Å². The Morgan fingerprint density at radius 3 is 2.67 bits per heavy atom. The average Bonchev–Trinajstić information content (AvgIpc) is 2.82. The third-order valence-corrected chi connectivity index (χ3v) is 6.86. The molecule has 2 aromatic rings. The van der Waals surface area contributed by atoms with Gasteiger partial charge in [-0.25, -0.2) is 17.9 Å². The maximum absolute atomic E-state index is 12.2. The summed E-state index contributed by atoms with van der Waals surface area (Å²) in [4.78, 5) is 11.9. The van der Waals surface area contributed by atoms with Gasteiger partial charge in [-0.1, -0.05) is 0 Å². The van der Waals surface area contributed by atoms with E-state index >= 15 is 0 Å². The largest absolute Gasteiger partial charge is 0.478 e. The van der Waals surface area contributed by atoms with Crippen molar-refractivity contribution in [1.29, 1.82) is 0 Å². The van der Waals surface area contributed by atoms with E-state index in [1.807, 2.05) is 34.0 Å². The molecule has 5 nitrogen and oxygen atoms in total. The van der Waals surface area contributed by atoms with Crippen molar-refractivity contribution in [3.63, 3.8) is 0 Å². The molecule has 0 aliphatic heterocycles. The van der Waals surface area contributed by atoms with Crippen molar-refractivity contribution in [3.05, 3.63) is 48.1 Å². The molecular weight excluding hydrogens is 493 g/mol. The van der Waals surface area contributed by atoms with Gasteiger partial charge in [-0.15, -0.1) is 11.3 Å². The van der Waals surface area contributed by atoms with Crippen LogP contribution < -0.4 is 4.72 Å². The van der Waals surface area contributed by atoms with Gasteiger partial charge in [0.1, 0.15) is 0 Å². The molecule has 9 heteroatoms. The van der Waals surface area contributed by atoms with Crippen LogP contribution in [0.15, 0.2) is 39.0 Å². The fraction of sp³-hybridized carbons (Fsp3) is 0.0833. The van der Waals surface area contributed by atoms with Crippen LogP contribution in [-0.2, 0) is 16.6 Å². The Labute approximate surface area is 147 Å². The second-order valence-corrected chi connectivity index (χ2v) is 8.75. The summed E-state index contributed by atoms with van der Waals surface area (Å²) in [7, 11) is -3.76. The summed E-state index contributed by atoms with van der Waals surface area (Å²) < 4.78 is 28.2. The molecule has 0 saturated carbocycles. The van der Waals surface area contributed by atoms with Crippen LogP contribution in [0.25, 0.3) is 0 Å². The topological polar surface area (TPSA) is 83.5 Å². The van der Waals surface area contributed by atoms with Gasteiger partial charge in [-0.3, -0.25) is 0 Å². The van der Waals surface area contributed by atoms with E-state index < -0.39 is 16.0 Å². The lowest BCUT2D eigenvalue weighted by Gasteiger charge is -2.08. The van der Waals surface area contributed by atoms with E-state index in [4.69, 9.17) is 5.11 Å². The lowest BCUT2D eigenvalue weighted by molar-refractivity contribution is 0.0695. The van der Waals surface area contributed by atoms with E-state index in [0.29, 0.717) is 3.57 Å². The van der Waals surface area contributed by atoms with Crippen LogP contribution in [0.3, 0.4) is 0 Å². The number of rotatable bonds is 5. The lowest BCUT2D eigenvalue weighted by Crippen LogP contribution is -2.23. The molecule has 0 bridgehead atoms. The highest BCUT2D eigenvalue weighted by Gasteiger charge is 2.18. The van der Waals surface area contributed by atoms with Crippen molar-refractivity contribution in [3.8, 4) is 0 Å². The second kappa shape index (κ2) is 6.73. The second-order valence-electron chi connectivity index (χ2n) is 3.96. The van der Waals surface area contributed by atoms with Gasteiger partial charge >= 0.3 is 5.97 Å². The van der Waals surface area contributed by atoms with Gasteiger partial charge in [0.15, 0.2) is 0 Å². The summed E-state index contributed by atoms with van der Waals surface area (Å²) in [5, 5.41) is 10.9. The minimum Gasteiger partial charge on any atom is -0.478 e. The highest BCUT2D eigenvalue weighted by atomic mass is 127. The van der Waals surface area contributed by atoms with Gasteiger partial charge in [0, 0.05) is 19.5 Å². The van der Waals surface area contributed by atoms with Crippen LogP contribution in [-0.4, -0.2) is 19.5 Å². The number of sulfonamides is 1. The quantitative estimate of drug-likeness (QED) is 0.616. The van der Waals surface area contributed by atoms with Crippen molar-refractivity contribution < 1.29 is 18.3 Å². The maximum atomic E-state index is 12.2. The third-order valence-electron chi connectivity index (χ3n) is 2.59. The van der Waals surface area contributed by atoms with Gasteiger partial charge in [-0.2, -0.15) is 0 Å². The van der Waals surface area contributed by atoms with Crippen molar-refractivity contribution in [2.24, 2.45) is 0 Å². The van der Waals surface area contributed by atoms with E-state index in [0.717, 1.165) is 15.4 Å². The van der Waals surface area contributed by atoms with Gasteiger partial charge in [0.25, 0.3) is 0 Å². The molecule has 2 rings (SSSR count). The fourth-order valence-corrected chi connectivity index (χ4v) is 4.64. The zero-order chi connectivity index (χ0) is 15.6. The zero-order valence-electron chi connectivity index (χ0n) is 10.3. The molecular formula is C12H9BrINO4S2. The number of hydrogen-bond acceptors (Lipinski definition) is 4. The molecule has 112 valence electrons. The first kappa shape index (κ1) is 16.9. The van der Waals surface area contributed by atoms with E-state index in [1.54, 1.807) is 0 Å². The van der Waals surface area contributed by atoms with E-state index in [1.165, 1.54) is 23.5 Å². The SMILES string of the molecule is O=C(O)c1cc(S(=O)(=O)NCc2sccc2Br)ccc1I. The number of carbonyl (C=O) groups is 1. The lowest BCUT2D eigenvalue weighted by atomic mass is 10.2. The Hall–Kier alpha value is -0.490. The molecule has 0 amide bonds. The van der Waals surface area contributed by atoms with Crippen LogP contribution >= 0.6 is 49.9 Å². The number of thiophene rings is 1. The number of aromatic carboxylic acids is 1. The molecule has 0 unspecified atom stereocenters. The number of benzene rings is 1. The molecule has 1 aromatic carbocycles. The van der Waals surface area contributed by atoms with Crippen molar-refractivity contribution in [1.82, 2.24) is 4.72 Å². The Balaban J connectivity index is 2.26. The summed E-state index contributed by atoms with van der Waals surface area (Å²) in [6, 6.07) is 5.86. The first-order valence-corrected chi connectivity index (χ1v) is 9.79. The van der Waals surface area contributed by atoms with Crippen molar-refractivity contribution in [2.45, 2.75) is 11.4 Å². The number of nitrogens with one attached hydrogen (secondary N) is 1. The number of hydrogen-bond donors (Lipinski definition) is 2. The molecule has 0 fully saturated rings. The molecule has 0 radical (unpaired) electrons. The molecule has 0 spiro atoms. The highest BCUT2D eigenvalue weighted by molar-refractivity contribution is 14.1. The van der Waals surface area contributed by atoms with Crippen LogP contribution in [0.4, 0.5) is 0 Å². The smallest absolute Gasteiger partial charge is 0.336 e. The monoisotopic (exact) mass is 501 g/mol. The summed E-state index contributed by atoms with van der Waals surface area (Å²) >= 11 is 6.61. The first-order chi connectivity index (χ1) is 9.81. The first-order valence-electron chi connectivity index (χ1n) is 5.55. The van der Waals surface area contributed by atoms with E-state index in [9.17, 15) is 13.2 Å². The number of carboxylic acid groups (broad SMARTS) is 1. The Morgan fingerprint density at radius 1 is 1.38 bits per heavy atom. The predicted octanol–water partition coefficient (Wildman–Crippen LogP) is 3.29. The van der Waals surface area contributed by atoms with Crippen LogP contribution in [0.1, 0.15) is 15.2 Å². The molecule has 0 saturated heterocycles. The van der Waals surface area contributed by atoms with Crippen LogP contribution in [0, 0.1) is 3.57 Å². The summed E-state index contributed by atoms with van der Waals surface area (Å²) in [6.07, 6.45) is 0. The molecule has 2 N–H and O–H groups in total. The predicted molar refractivity (Wildman–Crippen MR) is 92.2 cm³/mol. The van der Waals surface area contributed by atoms with Gasteiger partial charge in [-0.05, 0) is 68.2 Å². The molecule has 1 aromatic heterocycles. The highest BCUT2D eigenvalue weighted by Crippen LogP contribution is 2.23. The minimum absolute atomic E-state index is 0.0317. The number of halogens is 2. The summed E-state index contributed by atoms with van der Waals surface area (Å²) in [6.45, 7) is 0.148. The standard InChI is InChI=1S/C12H9BrINO4S2/c13-9-3-4-20-11(9)6-15-21(18,19)7-1-2-10(14)8(5-7)12(16)17/h1-5,15H,6H2,(H,16,17). The number of carboxylic acids is 1. The fourth-order valence-electron chi connectivity index (χ4n) is 1.53. The summed E-state index contributed by atoms with van der Waals surface area (Å²) in [5.41, 5.74) is -0.0317. The molecule has 0 aliphatic carbocycles. The third kappa shape index (κ3) is 4.03. The Kier molecular flexibility index (Phi) is 5.41. The summed E-state index contributed by atoms with van der Waals surface area (Å²) in [5.74, 6) is -1.16. The maximum Gasteiger partial charge on any atom is 0.336 e. The zero-order valence-corrected chi connectivity index (χ0v) is 15.7. The van der Waals surface area contributed by atoms with Crippen molar-refractivity contribution >= 4 is 65.9 Å².